The van der Waals surface area contributed by atoms with E-state index in [4.69, 9.17) is 9.47 Å². The highest BCUT2D eigenvalue weighted by molar-refractivity contribution is 5.72. The molecule has 1 heterocycles. The monoisotopic (exact) mass is 283 g/mol. The van der Waals surface area contributed by atoms with Crippen LogP contribution in [-0.4, -0.2) is 13.3 Å². The number of ether oxygens (including phenoxy) is 2. The van der Waals surface area contributed by atoms with Gasteiger partial charge in [-0.05, 0) is 54.3 Å². The summed E-state index contributed by atoms with van der Waals surface area (Å²) in [6, 6.07) is 12.7. The van der Waals surface area contributed by atoms with E-state index in [1.54, 1.807) is 0 Å². The molecule has 21 heavy (non-hydrogen) atoms. The van der Waals surface area contributed by atoms with Crippen LogP contribution in [0.5, 0.6) is 11.5 Å². The maximum atomic E-state index is 5.47. The number of rotatable bonds is 5. The fourth-order valence-electron chi connectivity index (χ4n) is 2.53. The van der Waals surface area contributed by atoms with E-state index >= 15 is 0 Å². The van der Waals surface area contributed by atoms with Crippen molar-refractivity contribution in [3.05, 3.63) is 42.0 Å². The summed E-state index contributed by atoms with van der Waals surface area (Å²) < 4.78 is 10.9. The van der Waals surface area contributed by atoms with E-state index in [1.165, 1.54) is 35.2 Å². The quantitative estimate of drug-likeness (QED) is 0.813. The second-order valence-electron chi connectivity index (χ2n) is 5.38. The molecule has 3 heteroatoms. The van der Waals surface area contributed by atoms with Crippen molar-refractivity contribution >= 4 is 5.69 Å². The minimum Gasteiger partial charge on any atom is -0.454 e. The van der Waals surface area contributed by atoms with Gasteiger partial charge in [0.25, 0.3) is 0 Å². The smallest absolute Gasteiger partial charge is 0.231 e. The molecule has 0 radical (unpaired) electrons. The van der Waals surface area contributed by atoms with Crippen LogP contribution in [0.25, 0.3) is 11.1 Å². The molecule has 0 aliphatic carbocycles. The third kappa shape index (κ3) is 2.97. The Hall–Kier alpha value is -2.16. The van der Waals surface area contributed by atoms with Crippen molar-refractivity contribution in [2.45, 2.75) is 26.7 Å². The van der Waals surface area contributed by atoms with E-state index in [-0.39, 0.29) is 0 Å². The predicted molar refractivity (Wildman–Crippen MR) is 86.1 cm³/mol. The normalized spacial score (nSPS) is 12.5. The molecule has 0 atom stereocenters. The topological polar surface area (TPSA) is 30.5 Å². The lowest BCUT2D eigenvalue weighted by atomic mass is 9.99. The van der Waals surface area contributed by atoms with Crippen molar-refractivity contribution in [2.75, 3.05) is 18.7 Å². The van der Waals surface area contributed by atoms with E-state index in [0.717, 1.165) is 18.0 Å². The number of hydrogen-bond donors (Lipinski definition) is 1. The van der Waals surface area contributed by atoms with Crippen molar-refractivity contribution in [1.29, 1.82) is 0 Å². The van der Waals surface area contributed by atoms with Crippen molar-refractivity contribution in [3.63, 3.8) is 0 Å². The molecule has 1 N–H and O–H groups in total. The molecule has 0 saturated carbocycles. The summed E-state index contributed by atoms with van der Waals surface area (Å²) in [4.78, 5) is 0. The number of unbranched alkanes of at least 4 members (excludes halogenated alkanes) is 1. The first-order valence-corrected chi connectivity index (χ1v) is 7.52. The van der Waals surface area contributed by atoms with Crippen molar-refractivity contribution in [1.82, 2.24) is 0 Å². The van der Waals surface area contributed by atoms with Gasteiger partial charge in [0.1, 0.15) is 0 Å². The Balaban J connectivity index is 1.81. The lowest BCUT2D eigenvalue weighted by molar-refractivity contribution is 0.174. The first kappa shape index (κ1) is 13.8. The number of aryl methyl sites for hydroxylation is 1. The summed E-state index contributed by atoms with van der Waals surface area (Å²) >= 11 is 0. The average molecular weight is 283 g/mol. The lowest BCUT2D eigenvalue weighted by Crippen LogP contribution is -2.00. The molecule has 0 unspecified atom stereocenters. The summed E-state index contributed by atoms with van der Waals surface area (Å²) in [6.07, 6.45) is 2.41. The molecule has 110 valence electrons. The molecule has 1 aliphatic heterocycles. The molecule has 0 bridgehead atoms. The van der Waals surface area contributed by atoms with Crippen LogP contribution in [0.3, 0.4) is 0 Å². The molecular formula is C18H21NO2. The molecule has 2 aromatic rings. The third-order valence-electron chi connectivity index (χ3n) is 3.77. The first-order chi connectivity index (χ1) is 10.3. The molecule has 0 fully saturated rings. The number of fused-ring (bicyclic) bond motifs is 1. The molecule has 3 nitrogen and oxygen atoms in total. The highest BCUT2D eigenvalue weighted by atomic mass is 16.7. The maximum absolute atomic E-state index is 5.47. The minimum atomic E-state index is 0.318. The van der Waals surface area contributed by atoms with E-state index in [1.807, 2.05) is 6.07 Å². The molecular weight excluding hydrogens is 262 g/mol. The van der Waals surface area contributed by atoms with Crippen LogP contribution in [0.15, 0.2) is 36.4 Å². The molecule has 1 aliphatic rings. The van der Waals surface area contributed by atoms with E-state index in [0.29, 0.717) is 6.79 Å². The zero-order valence-electron chi connectivity index (χ0n) is 12.6. The Kier molecular flexibility index (Phi) is 4.00. The highest BCUT2D eigenvalue weighted by Crippen LogP contribution is 2.38. The summed E-state index contributed by atoms with van der Waals surface area (Å²) in [5, 5.41) is 3.44. The molecule has 0 aromatic heterocycles. The summed E-state index contributed by atoms with van der Waals surface area (Å²) in [5.41, 5.74) is 4.77. The number of nitrogens with one attached hydrogen (secondary N) is 1. The Labute approximate surface area is 125 Å². The standard InChI is InChI=1S/C18H21NO2/c1-3-4-9-19-15-7-5-14(6-8-15)16-11-18-17(10-13(16)2)20-12-21-18/h5-8,10-11,19H,3-4,9,12H2,1-2H3. The SMILES string of the molecule is CCCCNc1ccc(-c2cc3c(cc2C)OCO3)cc1. The van der Waals surface area contributed by atoms with Crippen LogP contribution in [0.4, 0.5) is 5.69 Å². The van der Waals surface area contributed by atoms with E-state index in [9.17, 15) is 0 Å². The Morgan fingerprint density at radius 3 is 2.48 bits per heavy atom. The van der Waals surface area contributed by atoms with Gasteiger partial charge in [0.15, 0.2) is 11.5 Å². The van der Waals surface area contributed by atoms with Gasteiger partial charge in [0.05, 0.1) is 0 Å². The summed E-state index contributed by atoms with van der Waals surface area (Å²) in [5.74, 6) is 1.68. The van der Waals surface area contributed by atoms with Crippen LogP contribution in [0.1, 0.15) is 25.3 Å². The van der Waals surface area contributed by atoms with Gasteiger partial charge < -0.3 is 14.8 Å². The van der Waals surface area contributed by atoms with E-state index < -0.39 is 0 Å². The zero-order valence-corrected chi connectivity index (χ0v) is 12.6. The van der Waals surface area contributed by atoms with Crippen LogP contribution in [0.2, 0.25) is 0 Å². The summed E-state index contributed by atoms with van der Waals surface area (Å²) in [7, 11) is 0. The predicted octanol–water partition coefficient (Wildman–Crippen LogP) is 4.60. The molecule has 2 aromatic carbocycles. The van der Waals surface area contributed by atoms with Gasteiger partial charge in [-0.1, -0.05) is 25.5 Å². The van der Waals surface area contributed by atoms with Crippen LogP contribution < -0.4 is 14.8 Å². The molecule has 0 amide bonds. The van der Waals surface area contributed by atoms with Gasteiger partial charge in [0.2, 0.25) is 6.79 Å². The fraction of sp³-hybridized carbons (Fsp3) is 0.333. The third-order valence-corrected chi connectivity index (χ3v) is 3.77. The van der Waals surface area contributed by atoms with Gasteiger partial charge in [0, 0.05) is 12.2 Å². The average Bonchev–Trinajstić information content (AvgIpc) is 2.94. The Bertz CT molecular complexity index is 620. The number of benzene rings is 2. The van der Waals surface area contributed by atoms with Crippen molar-refractivity contribution < 1.29 is 9.47 Å². The van der Waals surface area contributed by atoms with Crippen molar-refractivity contribution in [2.24, 2.45) is 0 Å². The van der Waals surface area contributed by atoms with Crippen LogP contribution in [0, 0.1) is 6.92 Å². The summed E-state index contributed by atoms with van der Waals surface area (Å²) in [6.45, 7) is 5.65. The first-order valence-electron chi connectivity index (χ1n) is 7.52. The fourth-order valence-corrected chi connectivity index (χ4v) is 2.53. The number of anilines is 1. The van der Waals surface area contributed by atoms with E-state index in [2.05, 4.69) is 49.5 Å². The van der Waals surface area contributed by atoms with Crippen LogP contribution >= 0.6 is 0 Å². The molecule has 0 saturated heterocycles. The van der Waals surface area contributed by atoms with Crippen LogP contribution in [-0.2, 0) is 0 Å². The molecule has 0 spiro atoms. The Morgan fingerprint density at radius 2 is 1.76 bits per heavy atom. The second-order valence-corrected chi connectivity index (χ2v) is 5.38. The van der Waals surface area contributed by atoms with Gasteiger partial charge in [-0.2, -0.15) is 0 Å². The number of hydrogen-bond acceptors (Lipinski definition) is 3. The van der Waals surface area contributed by atoms with Gasteiger partial charge >= 0.3 is 0 Å². The van der Waals surface area contributed by atoms with Gasteiger partial charge in [-0.25, -0.2) is 0 Å². The largest absolute Gasteiger partial charge is 0.454 e. The highest BCUT2D eigenvalue weighted by Gasteiger charge is 2.16. The van der Waals surface area contributed by atoms with Crippen molar-refractivity contribution in [3.8, 4) is 22.6 Å². The Morgan fingerprint density at radius 1 is 1.05 bits per heavy atom. The zero-order chi connectivity index (χ0) is 14.7. The lowest BCUT2D eigenvalue weighted by Gasteiger charge is -2.10. The van der Waals surface area contributed by atoms with Gasteiger partial charge in [-0.3, -0.25) is 0 Å². The molecule has 3 rings (SSSR count). The maximum Gasteiger partial charge on any atom is 0.231 e. The second kappa shape index (κ2) is 6.08. The minimum absolute atomic E-state index is 0.318. The van der Waals surface area contributed by atoms with Gasteiger partial charge in [-0.15, -0.1) is 0 Å².